The number of carbonyl (C=O) groups excluding carboxylic acids is 1. The molecule has 4 nitrogen and oxygen atoms in total. The Balaban J connectivity index is 3.65. The van der Waals surface area contributed by atoms with Gasteiger partial charge < -0.3 is 15.2 Å². The molecule has 174 valence electrons. The van der Waals surface area contributed by atoms with Crippen LogP contribution < -0.4 is 5.32 Å². The summed E-state index contributed by atoms with van der Waals surface area (Å²) in [6, 6.07) is 0. The third-order valence-electron chi connectivity index (χ3n) is 5.66. The van der Waals surface area contributed by atoms with Gasteiger partial charge in [-0.05, 0) is 64.0 Å². The van der Waals surface area contributed by atoms with Crippen molar-refractivity contribution < 1.29 is 14.6 Å². The number of hydrogen-bond donors (Lipinski definition) is 2. The average Bonchev–Trinajstić information content (AvgIpc) is 2.72. The molecule has 0 aromatic heterocycles. The fourth-order valence-corrected chi connectivity index (χ4v) is 3.74. The molecule has 0 aromatic carbocycles. The monoisotopic (exact) mass is 413 g/mol. The molecule has 1 unspecified atom stereocenters. The van der Waals surface area contributed by atoms with Crippen LogP contribution in [0.15, 0.2) is 0 Å². The number of ether oxygens (including phenoxy) is 1. The van der Waals surface area contributed by atoms with Crippen molar-refractivity contribution in [1.29, 1.82) is 0 Å². The first kappa shape index (κ1) is 28.4. The minimum Gasteiger partial charge on any atom is -0.466 e. The van der Waals surface area contributed by atoms with E-state index in [0.29, 0.717) is 25.6 Å². The fourth-order valence-electron chi connectivity index (χ4n) is 3.74. The van der Waals surface area contributed by atoms with Crippen LogP contribution in [-0.4, -0.2) is 37.4 Å². The second-order valence-corrected chi connectivity index (χ2v) is 8.58. The topological polar surface area (TPSA) is 58.6 Å². The van der Waals surface area contributed by atoms with E-state index in [4.69, 9.17) is 9.84 Å². The molecule has 0 aromatic rings. The summed E-state index contributed by atoms with van der Waals surface area (Å²) in [4.78, 5) is 12.2. The lowest BCUT2D eigenvalue weighted by Gasteiger charge is -2.16. The van der Waals surface area contributed by atoms with Gasteiger partial charge in [-0.25, -0.2) is 0 Å². The molecule has 0 rings (SSSR count). The molecule has 0 aliphatic heterocycles. The number of hydrogen-bond acceptors (Lipinski definition) is 4. The van der Waals surface area contributed by atoms with Gasteiger partial charge in [0.25, 0.3) is 0 Å². The standard InChI is InChI=1S/C25H51NO3/c1-3-5-7-12-18-24(17-11-6-4-2)23-25(28)29-22-16-9-8-13-19-26-20-14-10-15-21-27/h24,26-27H,3-23H2,1-2H3. The fraction of sp³-hybridized carbons (Fsp3) is 0.960. The number of carbonyl (C=O) groups is 1. The van der Waals surface area contributed by atoms with Gasteiger partial charge in [-0.3, -0.25) is 4.79 Å². The minimum atomic E-state index is 0.0199. The maximum absolute atomic E-state index is 12.2. The maximum atomic E-state index is 12.2. The lowest BCUT2D eigenvalue weighted by Crippen LogP contribution is -2.16. The molecule has 0 saturated heterocycles. The number of aliphatic hydroxyl groups is 1. The molecular formula is C25H51NO3. The van der Waals surface area contributed by atoms with E-state index in [2.05, 4.69) is 19.2 Å². The summed E-state index contributed by atoms with van der Waals surface area (Å²) in [5, 5.41) is 12.2. The van der Waals surface area contributed by atoms with Gasteiger partial charge >= 0.3 is 5.97 Å². The van der Waals surface area contributed by atoms with Crippen LogP contribution in [0.3, 0.4) is 0 Å². The molecule has 0 heterocycles. The predicted molar refractivity (Wildman–Crippen MR) is 124 cm³/mol. The quantitative estimate of drug-likeness (QED) is 0.150. The van der Waals surface area contributed by atoms with E-state index in [-0.39, 0.29) is 5.97 Å². The summed E-state index contributed by atoms with van der Waals surface area (Å²) in [5.74, 6) is 0.542. The first-order valence-electron chi connectivity index (χ1n) is 12.7. The van der Waals surface area contributed by atoms with Crippen LogP contribution in [0.5, 0.6) is 0 Å². The molecule has 0 aliphatic carbocycles. The van der Waals surface area contributed by atoms with Crippen LogP contribution in [0, 0.1) is 5.92 Å². The highest BCUT2D eigenvalue weighted by molar-refractivity contribution is 5.69. The predicted octanol–water partition coefficient (Wildman–Crippen LogP) is 6.40. The number of esters is 1. The van der Waals surface area contributed by atoms with Gasteiger partial charge in [0.05, 0.1) is 6.61 Å². The summed E-state index contributed by atoms with van der Waals surface area (Å²) in [6.45, 7) is 7.49. The lowest BCUT2D eigenvalue weighted by atomic mass is 9.92. The molecule has 0 saturated carbocycles. The highest BCUT2D eigenvalue weighted by atomic mass is 16.5. The third-order valence-corrected chi connectivity index (χ3v) is 5.66. The minimum absolute atomic E-state index is 0.0199. The van der Waals surface area contributed by atoms with Crippen LogP contribution in [-0.2, 0) is 9.53 Å². The van der Waals surface area contributed by atoms with E-state index in [1.54, 1.807) is 0 Å². The van der Waals surface area contributed by atoms with Crippen LogP contribution in [0.1, 0.15) is 123 Å². The smallest absolute Gasteiger partial charge is 0.306 e. The van der Waals surface area contributed by atoms with Crippen molar-refractivity contribution in [2.45, 2.75) is 123 Å². The van der Waals surface area contributed by atoms with Crippen molar-refractivity contribution >= 4 is 5.97 Å². The second-order valence-electron chi connectivity index (χ2n) is 8.58. The number of rotatable bonds is 23. The Hall–Kier alpha value is -0.610. The van der Waals surface area contributed by atoms with Gasteiger partial charge in [0.15, 0.2) is 0 Å². The first-order chi connectivity index (χ1) is 14.2. The van der Waals surface area contributed by atoms with Crippen LogP contribution in [0.25, 0.3) is 0 Å². The van der Waals surface area contributed by atoms with E-state index in [9.17, 15) is 4.79 Å². The van der Waals surface area contributed by atoms with Crippen LogP contribution in [0.4, 0.5) is 0 Å². The zero-order valence-corrected chi connectivity index (χ0v) is 19.7. The summed E-state index contributed by atoms with van der Waals surface area (Å²) in [5.41, 5.74) is 0. The molecule has 0 fully saturated rings. The molecule has 0 bridgehead atoms. The van der Waals surface area contributed by atoms with Crippen molar-refractivity contribution in [2.75, 3.05) is 26.3 Å². The van der Waals surface area contributed by atoms with Gasteiger partial charge in [0.1, 0.15) is 0 Å². The number of aliphatic hydroxyl groups excluding tert-OH is 1. The highest BCUT2D eigenvalue weighted by Gasteiger charge is 2.14. The molecule has 4 heteroatoms. The maximum Gasteiger partial charge on any atom is 0.306 e. The molecule has 0 aliphatic rings. The molecule has 1 atom stereocenters. The average molecular weight is 414 g/mol. The van der Waals surface area contributed by atoms with Crippen molar-refractivity contribution in [1.82, 2.24) is 5.32 Å². The zero-order chi connectivity index (χ0) is 21.4. The van der Waals surface area contributed by atoms with Crippen molar-refractivity contribution in [3.63, 3.8) is 0 Å². The third kappa shape index (κ3) is 21.9. The Bertz CT molecular complexity index is 336. The SMILES string of the molecule is CCCCCCC(CCCCC)CC(=O)OCCCCCCNCCCCCO. The molecule has 0 spiro atoms. The highest BCUT2D eigenvalue weighted by Crippen LogP contribution is 2.22. The molecular weight excluding hydrogens is 362 g/mol. The van der Waals surface area contributed by atoms with Crippen molar-refractivity contribution in [2.24, 2.45) is 5.92 Å². The summed E-state index contributed by atoms with van der Waals surface area (Å²) in [6.07, 6.45) is 19.6. The largest absolute Gasteiger partial charge is 0.466 e. The molecule has 2 N–H and O–H groups in total. The Labute approximate surface area is 181 Å². The van der Waals surface area contributed by atoms with E-state index >= 15 is 0 Å². The van der Waals surface area contributed by atoms with Gasteiger partial charge in [-0.2, -0.15) is 0 Å². The van der Waals surface area contributed by atoms with Gasteiger partial charge in [-0.1, -0.05) is 71.6 Å². The van der Waals surface area contributed by atoms with E-state index in [1.807, 2.05) is 0 Å². The van der Waals surface area contributed by atoms with E-state index in [1.165, 1.54) is 70.6 Å². The Morgan fingerprint density at radius 3 is 1.97 bits per heavy atom. The summed E-state index contributed by atoms with van der Waals surface area (Å²) < 4.78 is 5.51. The van der Waals surface area contributed by atoms with Crippen LogP contribution >= 0.6 is 0 Å². The van der Waals surface area contributed by atoms with Gasteiger partial charge in [0.2, 0.25) is 0 Å². The first-order valence-corrected chi connectivity index (χ1v) is 12.7. The van der Waals surface area contributed by atoms with Crippen molar-refractivity contribution in [3.8, 4) is 0 Å². The van der Waals surface area contributed by atoms with Gasteiger partial charge in [-0.15, -0.1) is 0 Å². The Kier molecular flexibility index (Phi) is 23.2. The summed E-state index contributed by atoms with van der Waals surface area (Å²) >= 11 is 0. The summed E-state index contributed by atoms with van der Waals surface area (Å²) in [7, 11) is 0. The molecule has 0 radical (unpaired) electrons. The second kappa shape index (κ2) is 23.7. The normalized spacial score (nSPS) is 12.2. The van der Waals surface area contributed by atoms with Gasteiger partial charge in [0, 0.05) is 13.0 Å². The number of unbranched alkanes of at least 4 members (excludes halogenated alkanes) is 10. The molecule has 0 amide bonds. The van der Waals surface area contributed by atoms with Crippen molar-refractivity contribution in [3.05, 3.63) is 0 Å². The lowest BCUT2D eigenvalue weighted by molar-refractivity contribution is -0.145. The van der Waals surface area contributed by atoms with Crippen LogP contribution in [0.2, 0.25) is 0 Å². The molecule has 29 heavy (non-hydrogen) atoms. The number of nitrogens with one attached hydrogen (secondary N) is 1. The Morgan fingerprint density at radius 2 is 1.31 bits per heavy atom. The Morgan fingerprint density at radius 1 is 0.759 bits per heavy atom. The van der Waals surface area contributed by atoms with E-state index in [0.717, 1.165) is 45.2 Å². The zero-order valence-electron chi connectivity index (χ0n) is 19.7. The van der Waals surface area contributed by atoms with E-state index < -0.39 is 0 Å².